The van der Waals surface area contributed by atoms with E-state index in [1.54, 1.807) is 0 Å². The van der Waals surface area contributed by atoms with Crippen LogP contribution >= 0.6 is 0 Å². The van der Waals surface area contributed by atoms with Gasteiger partial charge in [-0.3, -0.25) is 9.13 Å². The van der Waals surface area contributed by atoms with E-state index >= 15 is 0 Å². The lowest BCUT2D eigenvalue weighted by atomic mass is 10.0. The molecule has 0 unspecified atom stereocenters. The van der Waals surface area contributed by atoms with E-state index in [0.29, 0.717) is 11.9 Å². The van der Waals surface area contributed by atoms with E-state index in [0.717, 1.165) is 100 Å². The van der Waals surface area contributed by atoms with Crippen molar-refractivity contribution in [2.45, 2.75) is 0 Å². The van der Waals surface area contributed by atoms with Gasteiger partial charge in [-0.2, -0.15) is 0 Å². The summed E-state index contributed by atoms with van der Waals surface area (Å²) < 4.78 is 9.30. The quantitative estimate of drug-likeness (QED) is 0.137. The number of benzene rings is 16. The van der Waals surface area contributed by atoms with Crippen molar-refractivity contribution in [1.82, 2.24) is 38.2 Å². The molecule has 0 N–H and O–H groups in total. The molecule has 0 amide bonds. The van der Waals surface area contributed by atoms with Crippen LogP contribution in [0.15, 0.2) is 388 Å². The summed E-state index contributed by atoms with van der Waals surface area (Å²) in [6.45, 7) is 0. The van der Waals surface area contributed by atoms with Crippen LogP contribution in [0.25, 0.3) is 199 Å². The fraction of sp³-hybridized carbons (Fsp3) is 0. The number of aromatic nitrogens is 8. The molecule has 16 aromatic carbocycles. The first-order valence-electron chi connectivity index (χ1n) is 36.7. The van der Waals surface area contributed by atoms with Crippen molar-refractivity contribution in [1.29, 1.82) is 0 Å². The van der Waals surface area contributed by atoms with Gasteiger partial charge in [-0.15, -0.1) is 0 Å². The van der Waals surface area contributed by atoms with Crippen LogP contribution in [0.4, 0.5) is 0 Å². The first-order valence-corrected chi connectivity index (χ1v) is 36.7. The Bertz CT molecular complexity index is 6730. The molecule has 0 saturated heterocycles. The van der Waals surface area contributed by atoms with Crippen LogP contribution in [0.3, 0.4) is 0 Å². The second-order valence-corrected chi connectivity index (χ2v) is 27.7. The fourth-order valence-corrected chi connectivity index (χ4v) is 16.5. The van der Waals surface area contributed by atoms with Gasteiger partial charge in [-0.25, -0.2) is 19.9 Å². The maximum Gasteiger partial charge on any atom is 0.235 e. The van der Waals surface area contributed by atoms with E-state index in [1.165, 1.54) is 87.3 Å². The zero-order chi connectivity index (χ0) is 71.2. The first kappa shape index (κ1) is 62.0. The minimum absolute atomic E-state index is 0.646. The molecule has 504 valence electrons. The van der Waals surface area contributed by atoms with E-state index in [-0.39, 0.29) is 0 Å². The largest absolute Gasteiger partial charge is 0.309 e. The van der Waals surface area contributed by atoms with E-state index in [1.807, 2.05) is 24.3 Å². The highest BCUT2D eigenvalue weighted by atomic mass is 15.2. The molecule has 0 radical (unpaired) electrons. The Morgan fingerprint density at radius 2 is 0.407 bits per heavy atom. The lowest BCUT2D eigenvalue weighted by Crippen LogP contribution is -2.04. The lowest BCUT2D eigenvalue weighted by Gasteiger charge is -2.12. The van der Waals surface area contributed by atoms with Gasteiger partial charge in [0, 0.05) is 76.1 Å². The second-order valence-electron chi connectivity index (χ2n) is 27.7. The minimum Gasteiger partial charge on any atom is -0.309 e. The van der Waals surface area contributed by atoms with Gasteiger partial charge >= 0.3 is 0 Å². The predicted octanol–water partition coefficient (Wildman–Crippen LogP) is 25.7. The van der Waals surface area contributed by atoms with Gasteiger partial charge in [0.15, 0.2) is 0 Å². The Hall–Kier alpha value is -14.6. The molecule has 0 aliphatic rings. The zero-order valence-electron chi connectivity index (χ0n) is 58.5. The SMILES string of the molecule is c1ccc(-c2cc(-c3ccccc3)nc(-n3c4ccccc4c4ccc(-c5ccc6c(c5)c5ccccc5n6-c5cccc6ccccc56)cc43)n2)cc1.c1ccc(-c2cc(-c3ccccc3)nc(-n3c4ccccc4c4ccc(-c5ccc6c(c5)c5ccccc5n6-c5cccc6ccccc56)cc43)n2)cc1. The van der Waals surface area contributed by atoms with E-state index in [9.17, 15) is 0 Å². The van der Waals surface area contributed by atoms with Crippen molar-refractivity contribution >= 4 is 109 Å². The fourth-order valence-electron chi connectivity index (χ4n) is 16.5. The van der Waals surface area contributed by atoms with Gasteiger partial charge in [-0.1, -0.05) is 303 Å². The molecule has 108 heavy (non-hydrogen) atoms. The standard InChI is InChI=1S/2C50H32N4/c2*1-3-15-34(16-4-1)43-32-44(35-17-5-2-6-18-35)52-50(51-43)54-47-24-12-9-21-39(47)41-28-26-37(31-49(41)54)36-27-29-48-42(30-36)40-22-10-11-23-46(40)53(48)45-25-13-19-33-14-7-8-20-38(33)45/h2*1-32H. The highest BCUT2D eigenvalue weighted by Gasteiger charge is 2.23. The monoisotopic (exact) mass is 1380 g/mol. The summed E-state index contributed by atoms with van der Waals surface area (Å²) in [6, 6.07) is 138. The van der Waals surface area contributed by atoms with E-state index in [2.05, 4.69) is 382 Å². The molecule has 0 aliphatic heterocycles. The van der Waals surface area contributed by atoms with E-state index < -0.39 is 0 Å². The molecule has 0 saturated carbocycles. The molecular weight excluding hydrogens is 1310 g/mol. The minimum atomic E-state index is 0.646. The Balaban J connectivity index is 0.000000138. The van der Waals surface area contributed by atoms with Crippen LogP contribution in [0.2, 0.25) is 0 Å². The first-order chi connectivity index (χ1) is 53.6. The average Bonchev–Trinajstić information content (AvgIpc) is 1.61. The highest BCUT2D eigenvalue weighted by molar-refractivity contribution is 6.16. The third kappa shape index (κ3) is 10.4. The van der Waals surface area contributed by atoms with Crippen LogP contribution in [-0.4, -0.2) is 38.2 Å². The number of fused-ring (bicyclic) bond motifs is 14. The van der Waals surface area contributed by atoms with Crippen LogP contribution in [-0.2, 0) is 0 Å². The Kier molecular flexibility index (Phi) is 14.7. The van der Waals surface area contributed by atoms with Gasteiger partial charge in [0.05, 0.1) is 78.3 Å². The zero-order valence-corrected chi connectivity index (χ0v) is 58.5. The van der Waals surface area contributed by atoms with Gasteiger partial charge in [0.25, 0.3) is 0 Å². The maximum atomic E-state index is 5.25. The van der Waals surface area contributed by atoms with Crippen molar-refractivity contribution < 1.29 is 0 Å². The summed E-state index contributed by atoms with van der Waals surface area (Å²) in [5, 5.41) is 14.5. The third-order valence-corrected chi connectivity index (χ3v) is 21.5. The molecule has 6 heterocycles. The number of rotatable bonds is 10. The van der Waals surface area contributed by atoms with Gasteiger partial charge in [0.2, 0.25) is 11.9 Å². The van der Waals surface area contributed by atoms with Crippen molar-refractivity contribution in [3.8, 4) is 90.6 Å². The van der Waals surface area contributed by atoms with Crippen LogP contribution in [0.1, 0.15) is 0 Å². The number of nitrogens with zero attached hydrogens (tertiary/aromatic N) is 8. The molecule has 0 fully saturated rings. The molecular formula is C100H64N8. The molecule has 22 aromatic rings. The van der Waals surface area contributed by atoms with Crippen LogP contribution < -0.4 is 0 Å². The normalized spacial score (nSPS) is 11.7. The molecule has 0 aliphatic carbocycles. The molecule has 8 heteroatoms. The van der Waals surface area contributed by atoms with Crippen molar-refractivity contribution in [2.75, 3.05) is 0 Å². The number of hydrogen-bond acceptors (Lipinski definition) is 4. The summed E-state index contributed by atoms with van der Waals surface area (Å²) in [5.74, 6) is 1.29. The molecule has 6 aromatic heterocycles. The van der Waals surface area contributed by atoms with Gasteiger partial charge in [-0.05, 0) is 118 Å². The van der Waals surface area contributed by atoms with Crippen molar-refractivity contribution in [2.24, 2.45) is 0 Å². The Morgan fingerprint density at radius 3 is 0.769 bits per heavy atom. The summed E-state index contributed by atoms with van der Waals surface area (Å²) >= 11 is 0. The summed E-state index contributed by atoms with van der Waals surface area (Å²) in [4.78, 5) is 21.0. The molecule has 8 nitrogen and oxygen atoms in total. The topological polar surface area (TPSA) is 71.3 Å². The maximum absolute atomic E-state index is 5.25. The number of hydrogen-bond donors (Lipinski definition) is 0. The Labute approximate surface area is 621 Å². The Morgan fingerprint density at radius 1 is 0.148 bits per heavy atom. The van der Waals surface area contributed by atoms with Crippen LogP contribution in [0, 0.1) is 0 Å². The third-order valence-electron chi connectivity index (χ3n) is 21.5. The summed E-state index contributed by atoms with van der Waals surface area (Å²) in [5.41, 5.74) is 23.7. The van der Waals surface area contributed by atoms with E-state index in [4.69, 9.17) is 19.9 Å². The summed E-state index contributed by atoms with van der Waals surface area (Å²) in [7, 11) is 0. The number of para-hydroxylation sites is 4. The lowest BCUT2D eigenvalue weighted by molar-refractivity contribution is 0.995. The molecule has 0 bridgehead atoms. The van der Waals surface area contributed by atoms with Crippen LogP contribution in [0.5, 0.6) is 0 Å². The smallest absolute Gasteiger partial charge is 0.235 e. The molecule has 22 rings (SSSR count). The summed E-state index contributed by atoms with van der Waals surface area (Å²) in [6.07, 6.45) is 0. The molecule has 0 spiro atoms. The van der Waals surface area contributed by atoms with Crippen molar-refractivity contribution in [3.05, 3.63) is 388 Å². The van der Waals surface area contributed by atoms with Gasteiger partial charge < -0.3 is 9.13 Å². The highest BCUT2D eigenvalue weighted by Crippen LogP contribution is 2.43. The van der Waals surface area contributed by atoms with Crippen molar-refractivity contribution in [3.63, 3.8) is 0 Å². The molecule has 0 atom stereocenters. The predicted molar refractivity (Wildman–Crippen MR) is 449 cm³/mol. The average molecular weight is 1380 g/mol. The van der Waals surface area contributed by atoms with Gasteiger partial charge in [0.1, 0.15) is 0 Å². The second kappa shape index (κ2) is 25.7.